The number of sulfone groups is 1. The van der Waals surface area contributed by atoms with E-state index < -0.39 is 9.84 Å². The van der Waals surface area contributed by atoms with Gasteiger partial charge in [0.05, 0.1) is 16.7 Å². The zero-order valence-corrected chi connectivity index (χ0v) is 18.0. The molecule has 0 saturated carbocycles. The molecule has 6 nitrogen and oxygen atoms in total. The lowest BCUT2D eigenvalue weighted by Crippen LogP contribution is -2.24. The first-order valence-electron chi connectivity index (χ1n) is 10.1. The Balaban J connectivity index is 1.46. The summed E-state index contributed by atoms with van der Waals surface area (Å²) in [5, 5.41) is 9.66. The Morgan fingerprint density at radius 1 is 1.07 bits per heavy atom. The van der Waals surface area contributed by atoms with Crippen molar-refractivity contribution in [3.63, 3.8) is 0 Å². The molecule has 1 aromatic heterocycles. The minimum atomic E-state index is -3.20. The van der Waals surface area contributed by atoms with Gasteiger partial charge in [0.15, 0.2) is 9.84 Å². The topological polar surface area (TPSA) is 83.6 Å². The maximum Gasteiger partial charge on any atom is 0.226 e. The zero-order valence-electron chi connectivity index (χ0n) is 17.2. The largest absolute Gasteiger partial charge is 0.441 e. The molecule has 1 saturated heterocycles. The van der Waals surface area contributed by atoms with Gasteiger partial charge in [-0.3, -0.25) is 0 Å². The summed E-state index contributed by atoms with van der Waals surface area (Å²) in [6.45, 7) is 4.46. The van der Waals surface area contributed by atoms with Crippen LogP contribution in [0.2, 0.25) is 0 Å². The smallest absolute Gasteiger partial charge is 0.226 e. The van der Waals surface area contributed by atoms with Gasteiger partial charge in [-0.1, -0.05) is 24.3 Å². The van der Waals surface area contributed by atoms with E-state index in [0.717, 1.165) is 60.6 Å². The molecule has 1 atom stereocenters. The van der Waals surface area contributed by atoms with E-state index >= 15 is 0 Å². The van der Waals surface area contributed by atoms with Gasteiger partial charge in [-0.25, -0.2) is 13.4 Å². The highest BCUT2D eigenvalue weighted by molar-refractivity contribution is 7.90. The van der Waals surface area contributed by atoms with Crippen molar-refractivity contribution < 1.29 is 17.9 Å². The third kappa shape index (κ3) is 4.64. The third-order valence-electron chi connectivity index (χ3n) is 5.55. The number of aliphatic hydroxyl groups excluding tert-OH is 1. The summed E-state index contributed by atoms with van der Waals surface area (Å²) in [6.07, 6.45) is 2.64. The lowest BCUT2D eigenvalue weighted by molar-refractivity contribution is 0.176. The molecular formula is C23H26N2O4S. The number of aromatic nitrogens is 1. The van der Waals surface area contributed by atoms with Crippen molar-refractivity contribution in [2.75, 3.05) is 25.9 Å². The number of hydrogen-bond acceptors (Lipinski definition) is 6. The molecule has 1 fully saturated rings. The van der Waals surface area contributed by atoms with Crippen LogP contribution in [-0.2, 0) is 16.3 Å². The Kier molecular flexibility index (Phi) is 5.77. The minimum Gasteiger partial charge on any atom is -0.441 e. The summed E-state index contributed by atoms with van der Waals surface area (Å²) in [4.78, 5) is 7.24. The van der Waals surface area contributed by atoms with E-state index in [1.54, 1.807) is 12.1 Å². The number of likely N-dealkylation sites (tertiary alicyclic amines) is 1. The third-order valence-corrected chi connectivity index (χ3v) is 6.68. The van der Waals surface area contributed by atoms with Crippen molar-refractivity contribution in [3.05, 3.63) is 60.0 Å². The Labute approximate surface area is 177 Å². The number of aryl methyl sites for hydroxylation is 1. The fourth-order valence-electron chi connectivity index (χ4n) is 3.76. The number of nitrogens with zero attached hydrogens (tertiary/aromatic N) is 2. The van der Waals surface area contributed by atoms with Crippen molar-refractivity contribution >= 4 is 9.84 Å². The van der Waals surface area contributed by atoms with Crippen LogP contribution in [0, 0.1) is 6.92 Å². The van der Waals surface area contributed by atoms with Gasteiger partial charge in [-0.15, -0.1) is 0 Å². The van der Waals surface area contributed by atoms with Crippen LogP contribution in [-0.4, -0.2) is 55.4 Å². The molecule has 0 radical (unpaired) electrons. The van der Waals surface area contributed by atoms with Crippen LogP contribution in [0.4, 0.5) is 0 Å². The highest BCUT2D eigenvalue weighted by Crippen LogP contribution is 2.27. The minimum absolute atomic E-state index is 0.208. The monoisotopic (exact) mass is 426 g/mol. The van der Waals surface area contributed by atoms with E-state index in [4.69, 9.17) is 4.42 Å². The van der Waals surface area contributed by atoms with Crippen molar-refractivity contribution in [1.29, 1.82) is 0 Å². The van der Waals surface area contributed by atoms with Crippen molar-refractivity contribution in [2.24, 2.45) is 0 Å². The normalized spacial score (nSPS) is 17.5. The predicted molar refractivity (Wildman–Crippen MR) is 116 cm³/mol. The van der Waals surface area contributed by atoms with E-state index in [1.165, 1.54) is 6.26 Å². The lowest BCUT2D eigenvalue weighted by atomic mass is 10.0. The molecule has 2 aromatic carbocycles. The summed E-state index contributed by atoms with van der Waals surface area (Å²) < 4.78 is 29.1. The van der Waals surface area contributed by atoms with Crippen molar-refractivity contribution in [1.82, 2.24) is 9.88 Å². The number of aliphatic hydroxyl groups is 1. The molecule has 2 heterocycles. The molecule has 4 rings (SSSR count). The van der Waals surface area contributed by atoms with Crippen LogP contribution in [0.25, 0.3) is 22.6 Å². The highest BCUT2D eigenvalue weighted by atomic mass is 32.2. The molecule has 3 aromatic rings. The van der Waals surface area contributed by atoms with Gasteiger partial charge in [0.25, 0.3) is 0 Å². The van der Waals surface area contributed by atoms with E-state index in [2.05, 4.69) is 9.88 Å². The number of rotatable bonds is 6. The summed E-state index contributed by atoms with van der Waals surface area (Å²) in [6, 6.07) is 14.8. The van der Waals surface area contributed by atoms with Gasteiger partial charge in [0, 0.05) is 37.9 Å². The molecule has 1 aliphatic heterocycles. The van der Waals surface area contributed by atoms with Crippen molar-refractivity contribution in [2.45, 2.75) is 30.8 Å². The molecule has 0 amide bonds. The number of β-amino-alcohol motifs (C(OH)–C–C–N with tert-alkyl or cyclic N) is 1. The van der Waals surface area contributed by atoms with Gasteiger partial charge in [-0.05, 0) is 48.7 Å². The number of hydrogen-bond donors (Lipinski definition) is 1. The average Bonchev–Trinajstić information content (AvgIpc) is 3.31. The van der Waals surface area contributed by atoms with Gasteiger partial charge in [0.1, 0.15) is 5.76 Å². The van der Waals surface area contributed by atoms with Gasteiger partial charge < -0.3 is 14.4 Å². The van der Waals surface area contributed by atoms with Crippen LogP contribution >= 0.6 is 0 Å². The Morgan fingerprint density at radius 2 is 1.67 bits per heavy atom. The Morgan fingerprint density at radius 3 is 2.23 bits per heavy atom. The molecule has 0 spiro atoms. The summed E-state index contributed by atoms with van der Waals surface area (Å²) in [7, 11) is -3.20. The van der Waals surface area contributed by atoms with Gasteiger partial charge in [-0.2, -0.15) is 0 Å². The highest BCUT2D eigenvalue weighted by Gasteiger charge is 2.21. The Hall–Kier alpha value is -2.48. The molecule has 1 aliphatic rings. The molecule has 158 valence electrons. The molecule has 0 aliphatic carbocycles. The van der Waals surface area contributed by atoms with Crippen LogP contribution in [0.1, 0.15) is 17.9 Å². The second-order valence-electron chi connectivity index (χ2n) is 7.89. The molecule has 1 N–H and O–H groups in total. The second-order valence-corrected chi connectivity index (χ2v) is 9.90. The van der Waals surface area contributed by atoms with E-state index in [9.17, 15) is 13.5 Å². The molecule has 0 unspecified atom stereocenters. The lowest BCUT2D eigenvalue weighted by Gasteiger charge is -2.13. The van der Waals surface area contributed by atoms with Crippen LogP contribution < -0.4 is 0 Å². The van der Waals surface area contributed by atoms with Gasteiger partial charge >= 0.3 is 0 Å². The van der Waals surface area contributed by atoms with Gasteiger partial charge in [0.2, 0.25) is 5.89 Å². The fourth-order valence-corrected chi connectivity index (χ4v) is 4.39. The molecule has 30 heavy (non-hydrogen) atoms. The maximum atomic E-state index is 11.6. The van der Waals surface area contributed by atoms with Crippen LogP contribution in [0.15, 0.2) is 57.8 Å². The van der Waals surface area contributed by atoms with E-state index in [-0.39, 0.29) is 6.10 Å². The zero-order chi connectivity index (χ0) is 21.3. The predicted octanol–water partition coefficient (Wildman–Crippen LogP) is 3.33. The molecule has 0 bridgehead atoms. The Bertz CT molecular complexity index is 1120. The first-order valence-corrected chi connectivity index (χ1v) is 12.0. The standard InChI is InChI=1S/C23H26N2O4S/c1-16-22(12-14-25-13-11-20(26)15-25)24-23(29-16)19-5-3-17(4-6-19)18-7-9-21(10-8-18)30(2,27)28/h3-10,20,26H,11-15H2,1-2H3/t20-/m0/s1. The summed E-state index contributed by atoms with van der Waals surface area (Å²) in [5.74, 6) is 1.42. The molecular weight excluding hydrogens is 400 g/mol. The first kappa shape index (κ1) is 20.8. The van der Waals surface area contributed by atoms with Crippen LogP contribution in [0.5, 0.6) is 0 Å². The second kappa shape index (κ2) is 8.34. The molecule has 7 heteroatoms. The number of benzene rings is 2. The van der Waals surface area contributed by atoms with E-state index in [0.29, 0.717) is 10.8 Å². The average molecular weight is 427 g/mol. The quantitative estimate of drug-likeness (QED) is 0.651. The van der Waals surface area contributed by atoms with E-state index in [1.807, 2.05) is 43.3 Å². The SMILES string of the molecule is Cc1oc(-c2ccc(-c3ccc(S(C)(=O)=O)cc3)cc2)nc1CCN1CC[C@H](O)C1. The number of oxazole rings is 1. The van der Waals surface area contributed by atoms with Crippen molar-refractivity contribution in [3.8, 4) is 22.6 Å². The fraction of sp³-hybridized carbons (Fsp3) is 0.348. The summed E-state index contributed by atoms with van der Waals surface area (Å²) in [5.41, 5.74) is 3.80. The first-order chi connectivity index (χ1) is 14.3. The van der Waals surface area contributed by atoms with Crippen LogP contribution in [0.3, 0.4) is 0 Å². The maximum absolute atomic E-state index is 11.6. The summed E-state index contributed by atoms with van der Waals surface area (Å²) >= 11 is 0.